The van der Waals surface area contributed by atoms with Crippen molar-refractivity contribution >= 4 is 34.6 Å². The van der Waals surface area contributed by atoms with Crippen LogP contribution in [-0.4, -0.2) is 54.2 Å². The number of anilines is 3. The maximum atomic E-state index is 10.9. The number of rotatable bonds is 4. The van der Waals surface area contributed by atoms with Crippen molar-refractivity contribution in [3.05, 3.63) is 45.7 Å². The van der Waals surface area contributed by atoms with E-state index in [0.717, 1.165) is 56.6 Å². The van der Waals surface area contributed by atoms with E-state index in [1.807, 2.05) is 0 Å². The first kappa shape index (κ1) is 18.7. The zero-order valence-electron chi connectivity index (χ0n) is 15.6. The number of hydrogen-bond acceptors (Lipinski definition) is 7. The van der Waals surface area contributed by atoms with Crippen LogP contribution >= 0.6 is 11.6 Å². The lowest BCUT2D eigenvalue weighted by molar-refractivity contribution is -0.384. The molecule has 0 spiro atoms. The standard InChI is InChI=1S/C19H23ClN6O2/c20-16-12-15(26(27)28)4-5-17(16)23-8-10-25(11-9-23)19-13-18(21-14-22-19)24-6-2-1-3-7-24/h4-5,12-14H,1-3,6-11H2. The van der Waals surface area contributed by atoms with Crippen LogP contribution in [0.15, 0.2) is 30.6 Å². The second-order valence-electron chi connectivity index (χ2n) is 7.15. The van der Waals surface area contributed by atoms with Crippen molar-refractivity contribution in [3.63, 3.8) is 0 Å². The highest BCUT2D eigenvalue weighted by molar-refractivity contribution is 6.33. The minimum absolute atomic E-state index is 0.0126. The van der Waals surface area contributed by atoms with Crippen molar-refractivity contribution in [2.75, 3.05) is 54.0 Å². The molecule has 0 amide bonds. The van der Waals surface area contributed by atoms with E-state index in [4.69, 9.17) is 11.6 Å². The van der Waals surface area contributed by atoms with Crippen LogP contribution in [0, 0.1) is 10.1 Å². The molecule has 28 heavy (non-hydrogen) atoms. The van der Waals surface area contributed by atoms with Crippen LogP contribution in [0.3, 0.4) is 0 Å². The number of nitrogens with zero attached hydrogens (tertiary/aromatic N) is 6. The van der Waals surface area contributed by atoms with E-state index in [9.17, 15) is 10.1 Å². The average molecular weight is 403 g/mol. The number of nitro groups is 1. The lowest BCUT2D eigenvalue weighted by atomic mass is 10.1. The number of hydrogen-bond donors (Lipinski definition) is 0. The van der Waals surface area contributed by atoms with E-state index in [0.29, 0.717) is 5.02 Å². The van der Waals surface area contributed by atoms with Gasteiger partial charge in [0.15, 0.2) is 0 Å². The molecule has 4 rings (SSSR count). The second kappa shape index (κ2) is 8.18. The van der Waals surface area contributed by atoms with Crippen molar-refractivity contribution in [1.29, 1.82) is 0 Å². The molecule has 1 aromatic carbocycles. The topological polar surface area (TPSA) is 78.6 Å². The number of nitro benzene ring substituents is 1. The molecule has 9 heteroatoms. The Morgan fingerprint density at radius 1 is 0.857 bits per heavy atom. The summed E-state index contributed by atoms with van der Waals surface area (Å²) in [7, 11) is 0. The SMILES string of the molecule is O=[N+]([O-])c1ccc(N2CCN(c3cc(N4CCCCC4)ncn3)CC2)c(Cl)c1. The zero-order valence-corrected chi connectivity index (χ0v) is 16.4. The van der Waals surface area contributed by atoms with Crippen LogP contribution in [0.25, 0.3) is 0 Å². The molecule has 2 aromatic rings. The van der Waals surface area contributed by atoms with Crippen LogP contribution in [0.2, 0.25) is 5.02 Å². The fourth-order valence-corrected chi connectivity index (χ4v) is 4.14. The second-order valence-corrected chi connectivity index (χ2v) is 7.56. The van der Waals surface area contributed by atoms with Gasteiger partial charge in [0.05, 0.1) is 15.6 Å². The average Bonchev–Trinajstić information content (AvgIpc) is 2.74. The number of non-ortho nitro benzene ring substituents is 1. The molecule has 8 nitrogen and oxygen atoms in total. The quantitative estimate of drug-likeness (QED) is 0.573. The van der Waals surface area contributed by atoms with Gasteiger partial charge in [-0.15, -0.1) is 0 Å². The molecule has 2 saturated heterocycles. The summed E-state index contributed by atoms with van der Waals surface area (Å²) in [5, 5.41) is 11.3. The first-order chi connectivity index (χ1) is 13.6. The molecule has 0 N–H and O–H groups in total. The Hall–Kier alpha value is -2.61. The Kier molecular flexibility index (Phi) is 5.47. The third kappa shape index (κ3) is 3.96. The van der Waals surface area contributed by atoms with E-state index in [1.54, 1.807) is 12.4 Å². The summed E-state index contributed by atoms with van der Waals surface area (Å²) in [5.41, 5.74) is 0.849. The summed E-state index contributed by atoms with van der Waals surface area (Å²) in [4.78, 5) is 26.1. The highest BCUT2D eigenvalue weighted by Crippen LogP contribution is 2.31. The molecule has 3 heterocycles. The van der Waals surface area contributed by atoms with Gasteiger partial charge >= 0.3 is 0 Å². The number of halogens is 1. The molecular formula is C19H23ClN6O2. The van der Waals surface area contributed by atoms with E-state index < -0.39 is 4.92 Å². The van der Waals surface area contributed by atoms with Gasteiger partial charge in [-0.25, -0.2) is 9.97 Å². The summed E-state index contributed by atoms with van der Waals surface area (Å²) in [6.45, 7) is 5.29. The largest absolute Gasteiger partial charge is 0.367 e. The molecule has 148 valence electrons. The van der Waals surface area contributed by atoms with Crippen molar-refractivity contribution in [3.8, 4) is 0 Å². The first-order valence-electron chi connectivity index (χ1n) is 9.62. The Morgan fingerprint density at radius 3 is 2.07 bits per heavy atom. The minimum atomic E-state index is -0.428. The monoisotopic (exact) mass is 402 g/mol. The summed E-state index contributed by atoms with van der Waals surface area (Å²) in [6.07, 6.45) is 5.38. The predicted molar refractivity (Wildman–Crippen MR) is 111 cm³/mol. The molecular weight excluding hydrogens is 380 g/mol. The molecule has 0 aliphatic carbocycles. The Balaban J connectivity index is 1.42. The molecule has 0 saturated carbocycles. The smallest absolute Gasteiger partial charge is 0.271 e. The summed E-state index contributed by atoms with van der Waals surface area (Å²) < 4.78 is 0. The van der Waals surface area contributed by atoms with E-state index in [1.165, 1.54) is 31.4 Å². The maximum absolute atomic E-state index is 10.9. The third-order valence-corrected chi connectivity index (χ3v) is 5.71. The molecule has 0 atom stereocenters. The first-order valence-corrected chi connectivity index (χ1v) is 10.0. The Labute approximate surface area is 168 Å². The lowest BCUT2D eigenvalue weighted by Gasteiger charge is -2.37. The van der Waals surface area contributed by atoms with Crippen LogP contribution in [0.5, 0.6) is 0 Å². The fourth-order valence-electron chi connectivity index (χ4n) is 3.85. The van der Waals surface area contributed by atoms with Crippen LogP contribution in [0.4, 0.5) is 23.0 Å². The van der Waals surface area contributed by atoms with Gasteiger partial charge in [-0.1, -0.05) is 11.6 Å². The molecule has 1 aromatic heterocycles. The van der Waals surface area contributed by atoms with Gasteiger partial charge < -0.3 is 14.7 Å². The van der Waals surface area contributed by atoms with Crippen molar-refractivity contribution in [1.82, 2.24) is 9.97 Å². The molecule has 0 unspecified atom stereocenters. The van der Waals surface area contributed by atoms with E-state index >= 15 is 0 Å². The Morgan fingerprint density at radius 2 is 1.46 bits per heavy atom. The number of piperazine rings is 1. The van der Waals surface area contributed by atoms with Gasteiger partial charge in [0.25, 0.3) is 5.69 Å². The van der Waals surface area contributed by atoms with Crippen LogP contribution in [0.1, 0.15) is 19.3 Å². The summed E-state index contributed by atoms with van der Waals surface area (Å²) >= 11 is 6.28. The molecule has 0 bridgehead atoms. The van der Waals surface area contributed by atoms with Gasteiger partial charge in [-0.3, -0.25) is 10.1 Å². The number of benzene rings is 1. The van der Waals surface area contributed by atoms with Crippen molar-refractivity contribution in [2.24, 2.45) is 0 Å². The molecule has 2 fully saturated rings. The maximum Gasteiger partial charge on any atom is 0.271 e. The van der Waals surface area contributed by atoms with Gasteiger partial charge in [-0.05, 0) is 25.3 Å². The minimum Gasteiger partial charge on any atom is -0.367 e. The molecule has 2 aliphatic rings. The lowest BCUT2D eigenvalue weighted by Crippen LogP contribution is -2.47. The van der Waals surface area contributed by atoms with Gasteiger partial charge in [0, 0.05) is 57.5 Å². The van der Waals surface area contributed by atoms with Crippen molar-refractivity contribution < 1.29 is 4.92 Å². The van der Waals surface area contributed by atoms with E-state index in [-0.39, 0.29) is 5.69 Å². The summed E-state index contributed by atoms with van der Waals surface area (Å²) in [5.74, 6) is 1.95. The van der Waals surface area contributed by atoms with Gasteiger partial charge in [0.1, 0.15) is 18.0 Å². The van der Waals surface area contributed by atoms with Crippen LogP contribution in [-0.2, 0) is 0 Å². The van der Waals surface area contributed by atoms with E-state index in [2.05, 4.69) is 30.7 Å². The highest BCUT2D eigenvalue weighted by atomic mass is 35.5. The zero-order chi connectivity index (χ0) is 19.5. The number of aromatic nitrogens is 2. The fraction of sp³-hybridized carbons (Fsp3) is 0.474. The number of piperidine rings is 1. The van der Waals surface area contributed by atoms with Crippen LogP contribution < -0.4 is 14.7 Å². The van der Waals surface area contributed by atoms with Crippen molar-refractivity contribution in [2.45, 2.75) is 19.3 Å². The third-order valence-electron chi connectivity index (χ3n) is 5.40. The molecule has 2 aliphatic heterocycles. The highest BCUT2D eigenvalue weighted by Gasteiger charge is 2.22. The Bertz CT molecular complexity index is 850. The van der Waals surface area contributed by atoms with Gasteiger partial charge in [0.2, 0.25) is 0 Å². The van der Waals surface area contributed by atoms with Gasteiger partial charge in [-0.2, -0.15) is 0 Å². The summed E-state index contributed by atoms with van der Waals surface area (Å²) in [6, 6.07) is 6.73. The predicted octanol–water partition coefficient (Wildman–Crippen LogP) is 3.36. The normalized spacial score (nSPS) is 17.7. The molecule has 0 radical (unpaired) electrons.